The maximum Gasteiger partial charge on any atom is 0 e. The van der Waals surface area contributed by atoms with Crippen molar-refractivity contribution in [3.05, 3.63) is 0 Å². The Bertz CT molecular complexity index is 37.9. The average molecular weight is 429 g/mol. The van der Waals surface area contributed by atoms with Gasteiger partial charge in [0.05, 0.1) is 0 Å². The van der Waals surface area contributed by atoms with Gasteiger partial charge in [0.15, 0.2) is 0 Å². The van der Waals surface area contributed by atoms with Crippen LogP contribution in [0.15, 0.2) is 0 Å². The normalized spacial score (nSPS) is 3.43. The van der Waals surface area contributed by atoms with E-state index < -0.39 is 9.17 Å². The average Bonchev–Trinajstić information content (AvgIpc) is 0.811. The monoisotopic (exact) mass is 428 g/mol. The fourth-order valence-electron chi connectivity index (χ4n) is 0. The van der Waals surface area contributed by atoms with E-state index in [9.17, 15) is 0 Å². The summed E-state index contributed by atoms with van der Waals surface area (Å²) in [6, 6.07) is 0. The van der Waals surface area contributed by atoms with Gasteiger partial charge in [0.25, 0.3) is 0 Å². The van der Waals surface area contributed by atoms with Gasteiger partial charge in [0, 0.05) is 47.9 Å². The summed E-state index contributed by atoms with van der Waals surface area (Å²) in [7, 11) is -3.13. The number of rotatable bonds is 0. The molecule has 3 nitrogen and oxygen atoms in total. The van der Waals surface area contributed by atoms with Crippen molar-refractivity contribution in [2.24, 2.45) is 0 Å². The molecule has 0 aliphatic carbocycles. The summed E-state index contributed by atoms with van der Waals surface area (Å²) >= 11 is 0. The van der Waals surface area contributed by atoms with Gasteiger partial charge in [-0.15, -0.1) is 0 Å². The van der Waals surface area contributed by atoms with Gasteiger partial charge in [-0.3, -0.25) is 4.46 Å². The van der Waals surface area contributed by atoms with E-state index in [1.165, 1.54) is 0 Å². The van der Waals surface area contributed by atoms with Crippen LogP contribution in [-0.4, -0.2) is 45.0 Å². The van der Waals surface area contributed by atoms with Crippen LogP contribution in [-0.2, 0) is 52.4 Å². The molecule has 0 bridgehead atoms. The first-order valence-corrected chi connectivity index (χ1v) is 1.95. The Morgan fingerprint density at radius 1 is 1.29 bits per heavy atom. The Hall–Kier alpha value is 2.10. The summed E-state index contributed by atoms with van der Waals surface area (Å²) in [6.07, 6.45) is 0. The van der Waals surface area contributed by atoms with E-state index in [0.29, 0.717) is 0 Å². The van der Waals surface area contributed by atoms with Crippen molar-refractivity contribution in [2.45, 2.75) is 0 Å². The third kappa shape index (κ3) is 68.4. The van der Waals surface area contributed by atoms with Crippen LogP contribution in [0.4, 0.5) is 0 Å². The van der Waals surface area contributed by atoms with Gasteiger partial charge in [-0.2, -0.15) is 0 Å². The Kier molecular flexibility index (Phi) is 51.5. The molecule has 2 N–H and O–H groups in total. The van der Waals surface area contributed by atoms with Crippen molar-refractivity contribution >= 4 is 35.4 Å². The zero-order valence-electron chi connectivity index (χ0n) is 3.51. The van der Waals surface area contributed by atoms with Crippen LogP contribution in [0.5, 0.6) is 0 Å². The molecule has 0 fully saturated rings. The number of hydrogen-bond donors (Lipinski definition) is 2. The second-order valence-corrected chi connectivity index (χ2v) is 0.848. The zero-order valence-corrected chi connectivity index (χ0v) is 14.0. The molecule has 0 amide bonds. The van der Waals surface area contributed by atoms with E-state index in [4.69, 9.17) is 14.1 Å². The van der Waals surface area contributed by atoms with Gasteiger partial charge in [-0.05, 0) is 0 Å². The molecule has 0 aliphatic heterocycles. The maximum atomic E-state index is 8.74. The molecule has 0 aromatic heterocycles. The second kappa shape index (κ2) is 15.7. The van der Waals surface area contributed by atoms with Gasteiger partial charge < -0.3 is 9.59 Å². The molecular weight excluding hydrogens is 424 g/mol. The molecule has 0 heterocycles. The Labute approximate surface area is 95.9 Å². The van der Waals surface area contributed by atoms with E-state index in [2.05, 4.69) is 0 Å². The third-order valence-electron chi connectivity index (χ3n) is 0. The molecule has 40 valence electrons. The van der Waals surface area contributed by atoms with Crippen LogP contribution in [0, 0.1) is 0 Å². The molecule has 7 heteroatoms. The van der Waals surface area contributed by atoms with Gasteiger partial charge >= 0.3 is 35.4 Å². The van der Waals surface area contributed by atoms with Crippen molar-refractivity contribution in [3.8, 4) is 0 Å². The van der Waals surface area contributed by atoms with Crippen molar-refractivity contribution in [1.29, 1.82) is 0 Å². The first-order valence-electron chi connectivity index (χ1n) is 0.651. The van der Waals surface area contributed by atoms with E-state index in [0.717, 1.165) is 0 Å². The van der Waals surface area contributed by atoms with Crippen LogP contribution in [0.25, 0.3) is 0 Å². The van der Waals surface area contributed by atoms with Crippen LogP contribution < -0.4 is 0 Å². The summed E-state index contributed by atoms with van der Waals surface area (Å²) < 4.78 is 8.74. The van der Waals surface area contributed by atoms with Crippen molar-refractivity contribution in [1.82, 2.24) is 0 Å². The van der Waals surface area contributed by atoms with E-state index in [1.807, 2.05) is 0 Å². The smallest absolute Gasteiger partial charge is 0 e. The fourth-order valence-corrected chi connectivity index (χ4v) is 0. The predicted octanol–water partition coefficient (Wildman–Crippen LogP) is -2.80. The fraction of sp³-hybridized carbons (Fsp3) is 0. The summed E-state index contributed by atoms with van der Waals surface area (Å²) in [6.45, 7) is 0. The van der Waals surface area contributed by atoms with Gasteiger partial charge in [-0.25, -0.2) is 0 Å². The summed E-state index contributed by atoms with van der Waals surface area (Å²) in [5.41, 5.74) is 0. The molecule has 0 radical (unpaired) electrons. The minimum Gasteiger partial charge on any atom is 0 e. The summed E-state index contributed by atoms with van der Waals surface area (Å²) in [5, 5.41) is 0. The zero-order chi connectivity index (χ0) is 3.58. The largest absolute Gasteiger partial charge is 0 e. The minimum absolute atomic E-state index is 0. The van der Waals surface area contributed by atoms with Crippen LogP contribution >= 0.6 is 0 Å². The van der Waals surface area contributed by atoms with Crippen molar-refractivity contribution in [3.63, 3.8) is 0 Å². The molecule has 0 saturated heterocycles. The predicted molar refractivity (Wildman–Crippen MR) is 20.8 cm³/mol. The molecule has 0 aromatic rings. The van der Waals surface area contributed by atoms with E-state index in [1.54, 1.807) is 0 Å². The van der Waals surface area contributed by atoms with Gasteiger partial charge in [0.1, 0.15) is 0 Å². The molecule has 0 saturated carbocycles. The van der Waals surface area contributed by atoms with Gasteiger partial charge in [0.2, 0.25) is 0 Å². The first kappa shape index (κ1) is 23.0. The summed E-state index contributed by atoms with van der Waals surface area (Å²) in [5.74, 6) is 0. The van der Waals surface area contributed by atoms with Crippen LogP contribution in [0.2, 0.25) is 0 Å². The second-order valence-electron chi connectivity index (χ2n) is 0.283. The van der Waals surface area contributed by atoms with Crippen molar-refractivity contribution in [2.75, 3.05) is 0 Å². The Balaban J connectivity index is -0.0000000150. The summed E-state index contributed by atoms with van der Waals surface area (Å²) in [4.78, 5) is 14.3. The van der Waals surface area contributed by atoms with Crippen molar-refractivity contribution < 1.29 is 62.0 Å². The van der Waals surface area contributed by atoms with Gasteiger partial charge in [-0.1, -0.05) is 0 Å². The Morgan fingerprint density at radius 2 is 1.29 bits per heavy atom. The molecule has 0 aliphatic rings. The maximum absolute atomic E-state index is 8.74. The number of hydrogen-bond acceptors (Lipinski definition) is 1. The quantitative estimate of drug-likeness (QED) is 0.410. The Morgan fingerprint density at radius 3 is 1.29 bits per heavy atom. The molecular formula is H5BiO3SiTiZr. The SMILES string of the molecule is O=[Si](O)O.[BiH3].[Ti].[Zr]. The molecule has 0 aromatic carbocycles. The van der Waals surface area contributed by atoms with Crippen LogP contribution in [0.3, 0.4) is 0 Å². The van der Waals surface area contributed by atoms with E-state index in [-0.39, 0.29) is 74.1 Å². The van der Waals surface area contributed by atoms with Crippen LogP contribution in [0.1, 0.15) is 0 Å². The standard InChI is InChI=1S/Bi.H2O3Si.Ti.Zr.3H/c;1-4(2)3;;;;;/h;1-2H;;;;;. The molecule has 0 atom stereocenters. The first-order chi connectivity index (χ1) is 1.73. The topological polar surface area (TPSA) is 57.5 Å². The van der Waals surface area contributed by atoms with E-state index >= 15 is 0 Å². The molecule has 0 rings (SSSR count). The third-order valence-corrected chi connectivity index (χ3v) is 0. The minimum atomic E-state index is -3.13. The molecule has 0 spiro atoms. The molecule has 7 heavy (non-hydrogen) atoms. The molecule has 0 unspecified atom stereocenters.